The summed E-state index contributed by atoms with van der Waals surface area (Å²) < 4.78 is 0. The van der Waals surface area contributed by atoms with Crippen molar-refractivity contribution >= 4 is 78.8 Å². The highest BCUT2D eigenvalue weighted by molar-refractivity contribution is 7.00. The summed E-state index contributed by atoms with van der Waals surface area (Å²) in [4.78, 5) is 22.7. The molecule has 3 heterocycles. The van der Waals surface area contributed by atoms with Gasteiger partial charge in [0.25, 0.3) is 6.71 Å². The molecule has 1 aromatic heterocycles. The summed E-state index contributed by atoms with van der Waals surface area (Å²) in [5, 5.41) is 4.66. The molecule has 6 heteroatoms. The molecule has 2 aliphatic heterocycles. The lowest BCUT2D eigenvalue weighted by atomic mass is 9.33. The number of hydrogen-bond donors (Lipinski definition) is 0. The molecule has 5 nitrogen and oxygen atoms in total. The molecular formula is C93H82BN5. The number of nitrogens with zero attached hydrogens (tertiary/aromatic N) is 5. The minimum Gasteiger partial charge on any atom is -0.311 e. The molecule has 0 spiro atoms. The lowest BCUT2D eigenvalue weighted by Gasteiger charge is -2.45. The van der Waals surface area contributed by atoms with Crippen molar-refractivity contribution in [2.75, 3.05) is 9.80 Å². The van der Waals surface area contributed by atoms with Gasteiger partial charge in [0.2, 0.25) is 0 Å². The lowest BCUT2D eigenvalue weighted by Crippen LogP contribution is -2.61. The Morgan fingerprint density at radius 2 is 0.535 bits per heavy atom. The van der Waals surface area contributed by atoms with E-state index in [2.05, 4.69) is 372 Å². The van der Waals surface area contributed by atoms with Crippen LogP contribution in [0.5, 0.6) is 0 Å². The Morgan fingerprint density at radius 1 is 0.253 bits per heavy atom. The van der Waals surface area contributed by atoms with Crippen LogP contribution in [0.1, 0.15) is 105 Å². The van der Waals surface area contributed by atoms with Gasteiger partial charge in [0.05, 0.1) is 0 Å². The van der Waals surface area contributed by atoms with Crippen molar-refractivity contribution < 1.29 is 0 Å². The van der Waals surface area contributed by atoms with Gasteiger partial charge in [-0.05, 0) is 188 Å². The molecule has 13 aromatic carbocycles. The molecule has 0 saturated heterocycles. The van der Waals surface area contributed by atoms with Crippen LogP contribution in [0, 0.1) is 0 Å². The number of fused-ring (bicyclic) bond motifs is 8. The molecule has 0 bridgehead atoms. The minimum atomic E-state index is -0.219. The zero-order valence-electron chi connectivity index (χ0n) is 58.9. The molecule has 0 N–H and O–H groups in total. The normalized spacial score (nSPS) is 13.0. The van der Waals surface area contributed by atoms with Crippen molar-refractivity contribution in [2.24, 2.45) is 0 Å². The number of benzene rings is 13. The third-order valence-electron chi connectivity index (χ3n) is 20.4. The first-order chi connectivity index (χ1) is 47.6. The van der Waals surface area contributed by atoms with Gasteiger partial charge in [-0.1, -0.05) is 289 Å². The third kappa shape index (κ3) is 11.6. The third-order valence-corrected chi connectivity index (χ3v) is 20.4. The smallest absolute Gasteiger partial charge is 0.252 e. The topological polar surface area (TPSA) is 45.2 Å². The largest absolute Gasteiger partial charge is 0.311 e. The highest BCUT2D eigenvalue weighted by Crippen LogP contribution is 2.51. The van der Waals surface area contributed by atoms with E-state index < -0.39 is 0 Å². The Morgan fingerprint density at radius 3 is 0.838 bits per heavy atom. The van der Waals surface area contributed by atoms with Gasteiger partial charge in [-0.3, -0.25) is 0 Å². The Labute approximate surface area is 584 Å². The minimum absolute atomic E-state index is 0.167. The fourth-order valence-electron chi connectivity index (χ4n) is 14.9. The van der Waals surface area contributed by atoms with Gasteiger partial charge in [0, 0.05) is 61.6 Å². The maximum atomic E-state index is 5.89. The monoisotopic (exact) mass is 1280 g/mol. The van der Waals surface area contributed by atoms with Crippen LogP contribution >= 0.6 is 0 Å². The van der Waals surface area contributed by atoms with E-state index in [1.807, 2.05) is 0 Å². The van der Waals surface area contributed by atoms with Crippen molar-refractivity contribution in [1.29, 1.82) is 0 Å². The van der Waals surface area contributed by atoms with Crippen molar-refractivity contribution in [3.8, 4) is 78.7 Å². The van der Waals surface area contributed by atoms with Crippen molar-refractivity contribution in [3.63, 3.8) is 0 Å². The van der Waals surface area contributed by atoms with Crippen molar-refractivity contribution in [3.05, 3.63) is 301 Å². The molecule has 0 amide bonds. The number of rotatable bonds is 9. The zero-order chi connectivity index (χ0) is 68.3. The predicted molar refractivity (Wildman–Crippen MR) is 422 cm³/mol. The fraction of sp³-hybridized carbons (Fsp3) is 0.172. The van der Waals surface area contributed by atoms with Gasteiger partial charge >= 0.3 is 0 Å². The van der Waals surface area contributed by atoms with Crippen molar-refractivity contribution in [1.82, 2.24) is 15.0 Å². The Kier molecular flexibility index (Phi) is 15.2. The van der Waals surface area contributed by atoms with E-state index in [9.17, 15) is 0 Å². The summed E-state index contributed by atoms with van der Waals surface area (Å²) in [6.45, 7) is 27.4. The van der Waals surface area contributed by atoms with E-state index in [1.54, 1.807) is 0 Å². The Bertz CT molecular complexity index is 4970. The van der Waals surface area contributed by atoms with Gasteiger partial charge in [-0.25, -0.2) is 15.0 Å². The fourth-order valence-corrected chi connectivity index (χ4v) is 14.9. The number of anilines is 6. The summed E-state index contributed by atoms with van der Waals surface area (Å²) >= 11 is 0. The number of aromatic nitrogens is 3. The molecule has 14 aromatic rings. The van der Waals surface area contributed by atoms with E-state index in [0.717, 1.165) is 106 Å². The van der Waals surface area contributed by atoms with Gasteiger partial charge in [0.1, 0.15) is 0 Å². The van der Waals surface area contributed by atoms with Crippen molar-refractivity contribution in [2.45, 2.75) is 105 Å². The van der Waals surface area contributed by atoms with E-state index in [1.165, 1.54) is 49.4 Å². The molecule has 2 aliphatic rings. The molecule has 0 atom stereocenters. The second-order valence-corrected chi connectivity index (χ2v) is 31.4. The van der Waals surface area contributed by atoms with Crippen LogP contribution in [0.2, 0.25) is 0 Å². The zero-order valence-corrected chi connectivity index (χ0v) is 58.9. The maximum absolute atomic E-state index is 5.89. The van der Waals surface area contributed by atoms with Crippen LogP contribution in [0.4, 0.5) is 34.1 Å². The van der Waals surface area contributed by atoms with Crippen LogP contribution in [0.3, 0.4) is 0 Å². The Balaban J connectivity index is 1.08. The molecule has 482 valence electrons. The first-order valence-corrected chi connectivity index (χ1v) is 35.0. The lowest BCUT2D eigenvalue weighted by molar-refractivity contribution is 0.568. The van der Waals surface area contributed by atoms with E-state index >= 15 is 0 Å². The second kappa shape index (κ2) is 24.0. The summed E-state index contributed by atoms with van der Waals surface area (Å²) in [7, 11) is 0. The number of hydrogen-bond acceptors (Lipinski definition) is 5. The quantitative estimate of drug-likeness (QED) is 0.135. The first kappa shape index (κ1) is 62.8. The average Bonchev–Trinajstić information content (AvgIpc) is 0.686. The molecule has 0 radical (unpaired) electrons. The summed E-state index contributed by atoms with van der Waals surface area (Å²) in [5.74, 6) is 1.84. The van der Waals surface area contributed by atoms with Crippen LogP contribution in [0.15, 0.2) is 279 Å². The van der Waals surface area contributed by atoms with E-state index in [0.29, 0.717) is 17.5 Å². The first-order valence-electron chi connectivity index (χ1n) is 35.0. The Hall–Kier alpha value is -10.9. The SMILES string of the molecule is CC(C)(C)c1cc(-c2nc(-c3cc(C(C)(C)C)cc(C(C)(C)C)c3)nc(-c3cc4c5c(c3)N(c3cc(-c6ccccc6)cc(-c6ccccc6)c3)c3c(ccc6ccccc36)B5c3ccc5ccccc5c3N4c3cc(-c4ccccc4)cc(-c4ccccc4)c3)n2)cc(C(C)(C)C)c1. The molecular weight excluding hydrogens is 1200 g/mol. The van der Waals surface area contributed by atoms with Crippen LogP contribution in [-0.4, -0.2) is 21.7 Å². The van der Waals surface area contributed by atoms with Crippen LogP contribution in [-0.2, 0) is 21.7 Å². The maximum Gasteiger partial charge on any atom is 0.252 e. The molecule has 0 unspecified atom stereocenters. The van der Waals surface area contributed by atoms with E-state index in [4.69, 9.17) is 15.0 Å². The highest BCUT2D eigenvalue weighted by Gasteiger charge is 2.45. The van der Waals surface area contributed by atoms with Gasteiger partial charge in [-0.2, -0.15) is 0 Å². The van der Waals surface area contributed by atoms with Crippen LogP contribution in [0.25, 0.3) is 100 Å². The predicted octanol–water partition coefficient (Wildman–Crippen LogP) is 23.1. The highest BCUT2D eigenvalue weighted by atomic mass is 15.2. The van der Waals surface area contributed by atoms with Gasteiger partial charge < -0.3 is 9.80 Å². The van der Waals surface area contributed by atoms with Gasteiger partial charge in [0.15, 0.2) is 17.5 Å². The van der Waals surface area contributed by atoms with Gasteiger partial charge in [-0.15, -0.1) is 0 Å². The average molecular weight is 1280 g/mol. The van der Waals surface area contributed by atoms with E-state index in [-0.39, 0.29) is 28.4 Å². The standard InChI is InChI=1S/C93H82BN5/c1-90(2,3)72-47-69(48-73(57-72)91(4,5)6)87-95-88(70-49-74(92(7,8)9)58-75(50-70)93(10,11)12)97-89(96-87)71-55-82-84-83(56-71)99(77-53-67(61-33-21-15-22-34-61)46-68(54-77)62-35-23-16-24-36-62)86-79-40-28-26-38-64(79)42-44-81(86)94(84)80-43-41-63-37-25-27-39-78(63)85(80)98(82)76-51-65(59-29-17-13-18-30-59)45-66(52-76)60-31-19-14-20-32-60/h13-58H,1-12H3. The molecule has 0 fully saturated rings. The molecule has 0 aliphatic carbocycles. The van der Waals surface area contributed by atoms with Crippen LogP contribution < -0.4 is 26.2 Å². The molecule has 0 saturated carbocycles. The molecule has 16 rings (SSSR count). The summed E-state index contributed by atoms with van der Waals surface area (Å²) in [5.41, 5.74) is 26.2. The molecule has 99 heavy (non-hydrogen) atoms. The summed E-state index contributed by atoms with van der Waals surface area (Å²) in [6, 6.07) is 104. The summed E-state index contributed by atoms with van der Waals surface area (Å²) in [6.07, 6.45) is 0. The second-order valence-electron chi connectivity index (χ2n) is 31.4.